The molecule has 0 saturated carbocycles. The zero-order chi connectivity index (χ0) is 15.9. The lowest BCUT2D eigenvalue weighted by Crippen LogP contribution is -2.57. The number of rotatable bonds is 8. The van der Waals surface area contributed by atoms with E-state index in [1.165, 1.54) is 0 Å². The van der Waals surface area contributed by atoms with Gasteiger partial charge >= 0.3 is 5.97 Å². The van der Waals surface area contributed by atoms with Crippen LogP contribution in [0.15, 0.2) is 30.3 Å². The number of carbonyl (C=O) groups is 1. The average Bonchev–Trinajstić information content (AvgIpc) is 2.49. The summed E-state index contributed by atoms with van der Waals surface area (Å²) in [5, 5.41) is 3.22. The molecule has 1 unspecified atom stereocenters. The van der Waals surface area contributed by atoms with Gasteiger partial charge in [0, 0.05) is 12.6 Å². The SMILES string of the molecule is CCOC(=O)C(CN(CC)C(C)C)(NC)c1ccccc1. The van der Waals surface area contributed by atoms with Gasteiger partial charge in [-0.15, -0.1) is 0 Å². The molecule has 1 N–H and O–H groups in total. The van der Waals surface area contributed by atoms with Gasteiger partial charge in [0.05, 0.1) is 6.61 Å². The van der Waals surface area contributed by atoms with Gasteiger partial charge in [-0.1, -0.05) is 37.3 Å². The van der Waals surface area contributed by atoms with Crippen LogP contribution in [0.2, 0.25) is 0 Å². The number of benzene rings is 1. The summed E-state index contributed by atoms with van der Waals surface area (Å²) in [6.45, 7) is 10.1. The second kappa shape index (κ2) is 8.15. The molecule has 0 radical (unpaired) electrons. The molecule has 0 saturated heterocycles. The molecule has 0 spiro atoms. The third-order valence-electron chi connectivity index (χ3n) is 3.89. The molecule has 4 heteroatoms. The number of likely N-dealkylation sites (N-methyl/N-ethyl adjacent to an activating group) is 2. The third-order valence-corrected chi connectivity index (χ3v) is 3.89. The number of nitrogens with one attached hydrogen (secondary N) is 1. The van der Waals surface area contributed by atoms with E-state index in [1.807, 2.05) is 44.3 Å². The first-order valence-electron chi connectivity index (χ1n) is 7.67. The van der Waals surface area contributed by atoms with Gasteiger partial charge in [0.15, 0.2) is 5.54 Å². The van der Waals surface area contributed by atoms with Crippen LogP contribution < -0.4 is 5.32 Å². The minimum Gasteiger partial charge on any atom is -0.464 e. The Labute approximate surface area is 128 Å². The van der Waals surface area contributed by atoms with Gasteiger partial charge < -0.3 is 10.1 Å². The van der Waals surface area contributed by atoms with Gasteiger partial charge in [0.1, 0.15) is 0 Å². The molecule has 4 nitrogen and oxygen atoms in total. The number of hydrogen-bond donors (Lipinski definition) is 1. The maximum atomic E-state index is 12.7. The van der Waals surface area contributed by atoms with Crippen molar-refractivity contribution in [3.05, 3.63) is 35.9 Å². The summed E-state index contributed by atoms with van der Waals surface area (Å²) in [6.07, 6.45) is 0. The summed E-state index contributed by atoms with van der Waals surface area (Å²) >= 11 is 0. The molecule has 0 aliphatic rings. The maximum Gasteiger partial charge on any atom is 0.332 e. The summed E-state index contributed by atoms with van der Waals surface area (Å²) in [7, 11) is 1.82. The molecule has 0 heterocycles. The van der Waals surface area contributed by atoms with E-state index >= 15 is 0 Å². The number of nitrogens with zero attached hydrogens (tertiary/aromatic N) is 1. The fourth-order valence-electron chi connectivity index (χ4n) is 2.54. The van der Waals surface area contributed by atoms with Crippen molar-refractivity contribution in [3.63, 3.8) is 0 Å². The van der Waals surface area contributed by atoms with Crippen molar-refractivity contribution in [2.75, 3.05) is 26.7 Å². The highest BCUT2D eigenvalue weighted by atomic mass is 16.5. The van der Waals surface area contributed by atoms with Gasteiger partial charge in [0.25, 0.3) is 0 Å². The van der Waals surface area contributed by atoms with Crippen LogP contribution in [0.1, 0.15) is 33.3 Å². The molecule has 1 atom stereocenters. The van der Waals surface area contributed by atoms with Crippen LogP contribution in [0.4, 0.5) is 0 Å². The highest BCUT2D eigenvalue weighted by molar-refractivity contribution is 5.83. The van der Waals surface area contributed by atoms with Crippen molar-refractivity contribution in [2.24, 2.45) is 0 Å². The van der Waals surface area contributed by atoms with Crippen LogP contribution in [0.25, 0.3) is 0 Å². The summed E-state index contributed by atoms with van der Waals surface area (Å²) < 4.78 is 5.35. The first-order valence-corrected chi connectivity index (χ1v) is 7.67. The summed E-state index contributed by atoms with van der Waals surface area (Å²) in [4.78, 5) is 14.9. The van der Waals surface area contributed by atoms with Crippen molar-refractivity contribution in [3.8, 4) is 0 Å². The minimum atomic E-state index is -0.836. The number of hydrogen-bond acceptors (Lipinski definition) is 4. The molecule has 0 aromatic heterocycles. The molecule has 1 rings (SSSR count). The largest absolute Gasteiger partial charge is 0.464 e. The fourth-order valence-corrected chi connectivity index (χ4v) is 2.54. The molecule has 21 heavy (non-hydrogen) atoms. The van der Waals surface area contributed by atoms with Gasteiger partial charge in [-0.05, 0) is 39.9 Å². The van der Waals surface area contributed by atoms with Crippen LogP contribution in [0.5, 0.6) is 0 Å². The van der Waals surface area contributed by atoms with Gasteiger partial charge in [0.2, 0.25) is 0 Å². The van der Waals surface area contributed by atoms with Crippen LogP contribution >= 0.6 is 0 Å². The summed E-state index contributed by atoms with van der Waals surface area (Å²) in [5.41, 5.74) is 0.0995. The van der Waals surface area contributed by atoms with Crippen LogP contribution in [-0.4, -0.2) is 43.7 Å². The van der Waals surface area contributed by atoms with E-state index in [0.717, 1.165) is 12.1 Å². The van der Waals surface area contributed by atoms with Crippen molar-refractivity contribution < 1.29 is 9.53 Å². The van der Waals surface area contributed by atoms with Crippen LogP contribution in [0.3, 0.4) is 0 Å². The van der Waals surface area contributed by atoms with Crippen LogP contribution in [-0.2, 0) is 15.1 Å². The Balaban J connectivity index is 3.23. The van der Waals surface area contributed by atoms with Gasteiger partial charge in [-0.2, -0.15) is 0 Å². The standard InChI is InChI=1S/C17H28N2O2/c1-6-19(14(3)4)13-17(18-5,16(20)21-7-2)15-11-9-8-10-12-15/h8-12,14,18H,6-7,13H2,1-5H3. The zero-order valence-electron chi connectivity index (χ0n) is 13.8. The molecule has 1 aromatic rings. The van der Waals surface area contributed by atoms with E-state index < -0.39 is 5.54 Å². The normalized spacial score (nSPS) is 14.2. The highest BCUT2D eigenvalue weighted by Gasteiger charge is 2.42. The van der Waals surface area contributed by atoms with E-state index in [9.17, 15) is 4.79 Å². The monoisotopic (exact) mass is 292 g/mol. The zero-order valence-corrected chi connectivity index (χ0v) is 13.8. The number of ether oxygens (including phenoxy) is 1. The Morgan fingerprint density at radius 1 is 1.29 bits per heavy atom. The molecule has 0 bridgehead atoms. The first kappa shape index (κ1) is 17.7. The maximum absolute atomic E-state index is 12.7. The Morgan fingerprint density at radius 3 is 2.33 bits per heavy atom. The second-order valence-corrected chi connectivity index (χ2v) is 5.40. The lowest BCUT2D eigenvalue weighted by molar-refractivity contribution is -0.152. The first-order chi connectivity index (χ1) is 10.0. The van der Waals surface area contributed by atoms with E-state index in [0.29, 0.717) is 19.2 Å². The third kappa shape index (κ3) is 4.05. The summed E-state index contributed by atoms with van der Waals surface area (Å²) in [5.74, 6) is -0.224. The van der Waals surface area contributed by atoms with Crippen LogP contribution in [0, 0.1) is 0 Å². The van der Waals surface area contributed by atoms with Gasteiger partial charge in [-0.25, -0.2) is 4.79 Å². The quantitative estimate of drug-likeness (QED) is 0.747. The Morgan fingerprint density at radius 2 is 1.90 bits per heavy atom. The van der Waals surface area contributed by atoms with E-state index in [1.54, 1.807) is 0 Å². The smallest absolute Gasteiger partial charge is 0.332 e. The van der Waals surface area contributed by atoms with Gasteiger partial charge in [-0.3, -0.25) is 4.90 Å². The van der Waals surface area contributed by atoms with Crippen molar-refractivity contribution in [1.29, 1.82) is 0 Å². The average molecular weight is 292 g/mol. The Kier molecular flexibility index (Phi) is 6.85. The highest BCUT2D eigenvalue weighted by Crippen LogP contribution is 2.25. The van der Waals surface area contributed by atoms with E-state index in [4.69, 9.17) is 4.74 Å². The van der Waals surface area contributed by atoms with Crippen molar-refractivity contribution in [1.82, 2.24) is 10.2 Å². The predicted molar refractivity (Wildman–Crippen MR) is 86.2 cm³/mol. The number of esters is 1. The molecular formula is C17H28N2O2. The minimum absolute atomic E-state index is 0.224. The molecule has 0 aliphatic heterocycles. The number of carbonyl (C=O) groups excluding carboxylic acids is 1. The fraction of sp³-hybridized carbons (Fsp3) is 0.588. The molecular weight excluding hydrogens is 264 g/mol. The van der Waals surface area contributed by atoms with Crippen molar-refractivity contribution >= 4 is 5.97 Å². The molecule has 0 aliphatic carbocycles. The lowest BCUT2D eigenvalue weighted by Gasteiger charge is -2.38. The van der Waals surface area contributed by atoms with Crippen molar-refractivity contribution in [2.45, 2.75) is 39.3 Å². The molecule has 118 valence electrons. The molecule has 0 fully saturated rings. The second-order valence-electron chi connectivity index (χ2n) is 5.40. The molecule has 1 aromatic carbocycles. The predicted octanol–water partition coefficient (Wildman–Crippen LogP) is 2.39. The molecule has 0 amide bonds. The van der Waals surface area contributed by atoms with E-state index in [-0.39, 0.29) is 5.97 Å². The van der Waals surface area contributed by atoms with E-state index in [2.05, 4.69) is 31.0 Å². The Bertz CT molecular complexity index is 434. The Hall–Kier alpha value is -1.39. The summed E-state index contributed by atoms with van der Waals surface area (Å²) in [6, 6.07) is 10.2. The lowest BCUT2D eigenvalue weighted by atomic mass is 9.88. The topological polar surface area (TPSA) is 41.6 Å².